The lowest BCUT2D eigenvalue weighted by molar-refractivity contribution is 0.337. The van der Waals surface area contributed by atoms with Crippen molar-refractivity contribution in [2.45, 2.75) is 56.4 Å². The van der Waals surface area contributed by atoms with Gasteiger partial charge in [0, 0.05) is 24.1 Å². The highest BCUT2D eigenvalue weighted by Crippen LogP contribution is 2.45. The van der Waals surface area contributed by atoms with E-state index in [1.165, 1.54) is 50.8 Å². The van der Waals surface area contributed by atoms with E-state index in [2.05, 4.69) is 16.1 Å². The summed E-state index contributed by atoms with van der Waals surface area (Å²) in [4.78, 5) is 0. The summed E-state index contributed by atoms with van der Waals surface area (Å²) in [6.45, 7) is 2.30. The van der Waals surface area contributed by atoms with E-state index < -0.39 is 0 Å². The van der Waals surface area contributed by atoms with Crippen LogP contribution >= 0.6 is 0 Å². The van der Waals surface area contributed by atoms with Gasteiger partial charge in [-0.1, -0.05) is 0 Å². The lowest BCUT2D eigenvalue weighted by Crippen LogP contribution is -2.32. The summed E-state index contributed by atoms with van der Waals surface area (Å²) in [6.07, 6.45) is 8.10. The van der Waals surface area contributed by atoms with Gasteiger partial charge in [-0.15, -0.1) is 0 Å². The van der Waals surface area contributed by atoms with Crippen molar-refractivity contribution in [1.82, 2.24) is 15.1 Å². The van der Waals surface area contributed by atoms with Crippen LogP contribution in [0.25, 0.3) is 0 Å². The molecule has 1 N–H and O–H groups in total. The van der Waals surface area contributed by atoms with Gasteiger partial charge in [-0.2, -0.15) is 5.10 Å². The van der Waals surface area contributed by atoms with Crippen LogP contribution in [0.1, 0.15) is 67.8 Å². The van der Waals surface area contributed by atoms with Gasteiger partial charge in [0.05, 0.1) is 11.7 Å². The molecular weight excluding hydrogens is 210 g/mol. The van der Waals surface area contributed by atoms with Crippen molar-refractivity contribution < 1.29 is 0 Å². The quantitative estimate of drug-likeness (QED) is 0.866. The van der Waals surface area contributed by atoms with E-state index in [0.717, 1.165) is 18.4 Å². The molecule has 3 aliphatic rings. The van der Waals surface area contributed by atoms with Crippen LogP contribution in [0.3, 0.4) is 0 Å². The number of hydrogen-bond acceptors (Lipinski definition) is 2. The number of hydrogen-bond donors (Lipinski definition) is 1. The average Bonchev–Trinajstić information content (AvgIpc) is 3.28. The first kappa shape index (κ1) is 10.1. The van der Waals surface area contributed by atoms with Gasteiger partial charge in [-0.05, 0) is 51.1 Å². The predicted octanol–water partition coefficient (Wildman–Crippen LogP) is 2.56. The van der Waals surface area contributed by atoms with Crippen molar-refractivity contribution in [1.29, 1.82) is 0 Å². The number of nitrogens with one attached hydrogen (secondary N) is 1. The number of piperidine rings is 1. The minimum atomic E-state index is 0.617. The minimum Gasteiger partial charge on any atom is -0.315 e. The Hall–Kier alpha value is -0.830. The second-order valence-corrected chi connectivity index (χ2v) is 5.99. The maximum absolute atomic E-state index is 4.93. The molecular formula is C14H21N3. The van der Waals surface area contributed by atoms with E-state index in [1.807, 2.05) is 0 Å². The van der Waals surface area contributed by atoms with Crippen LogP contribution in [0.4, 0.5) is 0 Å². The predicted molar refractivity (Wildman–Crippen MR) is 67.3 cm³/mol. The van der Waals surface area contributed by atoms with E-state index >= 15 is 0 Å². The van der Waals surface area contributed by atoms with Crippen molar-refractivity contribution in [3.05, 3.63) is 17.5 Å². The Morgan fingerprint density at radius 3 is 2.59 bits per heavy atom. The number of aromatic nitrogens is 2. The van der Waals surface area contributed by atoms with Crippen molar-refractivity contribution in [2.24, 2.45) is 0 Å². The summed E-state index contributed by atoms with van der Waals surface area (Å²) in [5, 5.41) is 8.45. The standard InChI is InChI=1S/C14H21N3/c1-2-12(9-15-7-1)17-14(11-5-6-11)8-13(16-17)10-3-4-10/h8,10-12,15H,1-7,9H2/t12-/m1/s1. The molecule has 1 aromatic heterocycles. The highest BCUT2D eigenvalue weighted by molar-refractivity contribution is 5.24. The largest absolute Gasteiger partial charge is 0.315 e. The van der Waals surface area contributed by atoms with Gasteiger partial charge in [0.25, 0.3) is 0 Å². The van der Waals surface area contributed by atoms with E-state index in [9.17, 15) is 0 Å². The third kappa shape index (κ3) is 1.90. The SMILES string of the molecule is c1c(C2CC2)nn([C@@H]2CCCNC2)c1C1CC1. The van der Waals surface area contributed by atoms with Gasteiger partial charge in [0.2, 0.25) is 0 Å². The molecule has 0 spiro atoms. The fourth-order valence-electron chi connectivity index (χ4n) is 3.03. The molecule has 1 aliphatic heterocycles. The molecule has 0 unspecified atom stereocenters. The van der Waals surface area contributed by atoms with Crippen molar-refractivity contribution in [3.63, 3.8) is 0 Å². The molecule has 2 saturated carbocycles. The Labute approximate surface area is 103 Å². The van der Waals surface area contributed by atoms with Crippen LogP contribution < -0.4 is 5.32 Å². The average molecular weight is 231 g/mol. The fraction of sp³-hybridized carbons (Fsp3) is 0.786. The first-order valence-corrected chi connectivity index (χ1v) is 7.22. The lowest BCUT2D eigenvalue weighted by atomic mass is 10.1. The van der Waals surface area contributed by atoms with Crippen LogP contribution in [0, 0.1) is 0 Å². The van der Waals surface area contributed by atoms with Crippen molar-refractivity contribution in [3.8, 4) is 0 Å². The summed E-state index contributed by atoms with van der Waals surface area (Å²) in [5.41, 5.74) is 2.93. The Bertz CT molecular complexity index is 409. The fourth-order valence-corrected chi connectivity index (χ4v) is 3.03. The lowest BCUT2D eigenvalue weighted by Gasteiger charge is -2.25. The zero-order chi connectivity index (χ0) is 11.2. The second-order valence-electron chi connectivity index (χ2n) is 5.99. The minimum absolute atomic E-state index is 0.617. The Morgan fingerprint density at radius 1 is 1.12 bits per heavy atom. The van der Waals surface area contributed by atoms with Gasteiger partial charge in [0.1, 0.15) is 0 Å². The smallest absolute Gasteiger partial charge is 0.0658 e. The van der Waals surface area contributed by atoms with Crippen LogP contribution in [0.5, 0.6) is 0 Å². The van der Waals surface area contributed by atoms with E-state index in [0.29, 0.717) is 6.04 Å². The highest BCUT2D eigenvalue weighted by atomic mass is 15.3. The molecule has 0 radical (unpaired) electrons. The highest BCUT2D eigenvalue weighted by Gasteiger charge is 2.34. The molecule has 0 amide bonds. The molecule has 3 fully saturated rings. The summed E-state index contributed by atoms with van der Waals surface area (Å²) in [5.74, 6) is 1.63. The Morgan fingerprint density at radius 2 is 1.94 bits per heavy atom. The van der Waals surface area contributed by atoms with Crippen LogP contribution in [0.15, 0.2) is 6.07 Å². The molecule has 2 heterocycles. The summed E-state index contributed by atoms with van der Waals surface area (Å²) >= 11 is 0. The third-order valence-corrected chi connectivity index (χ3v) is 4.39. The van der Waals surface area contributed by atoms with Gasteiger partial charge in [0.15, 0.2) is 0 Å². The van der Waals surface area contributed by atoms with E-state index in [1.54, 1.807) is 5.69 Å². The molecule has 4 rings (SSSR count). The zero-order valence-electron chi connectivity index (χ0n) is 10.4. The topological polar surface area (TPSA) is 29.9 Å². The monoisotopic (exact) mass is 231 g/mol. The second kappa shape index (κ2) is 3.84. The Kier molecular flexibility index (Phi) is 2.29. The molecule has 1 saturated heterocycles. The number of rotatable bonds is 3. The molecule has 3 heteroatoms. The summed E-state index contributed by atoms with van der Waals surface area (Å²) in [6, 6.07) is 3.04. The normalized spacial score (nSPS) is 29.5. The van der Waals surface area contributed by atoms with Crippen LogP contribution in [0.2, 0.25) is 0 Å². The maximum atomic E-state index is 4.93. The molecule has 17 heavy (non-hydrogen) atoms. The third-order valence-electron chi connectivity index (χ3n) is 4.39. The van der Waals surface area contributed by atoms with Gasteiger partial charge in [-0.3, -0.25) is 4.68 Å². The molecule has 0 bridgehead atoms. The van der Waals surface area contributed by atoms with Crippen LogP contribution in [-0.2, 0) is 0 Å². The van der Waals surface area contributed by atoms with Crippen LogP contribution in [-0.4, -0.2) is 22.9 Å². The number of nitrogens with zero attached hydrogens (tertiary/aromatic N) is 2. The van der Waals surface area contributed by atoms with E-state index in [4.69, 9.17) is 5.10 Å². The molecule has 1 atom stereocenters. The van der Waals surface area contributed by atoms with Gasteiger partial charge in [-0.25, -0.2) is 0 Å². The molecule has 0 aromatic carbocycles. The van der Waals surface area contributed by atoms with E-state index in [-0.39, 0.29) is 0 Å². The van der Waals surface area contributed by atoms with Gasteiger partial charge < -0.3 is 5.32 Å². The van der Waals surface area contributed by atoms with Gasteiger partial charge >= 0.3 is 0 Å². The first-order chi connectivity index (χ1) is 8.42. The molecule has 92 valence electrons. The molecule has 3 nitrogen and oxygen atoms in total. The zero-order valence-corrected chi connectivity index (χ0v) is 10.4. The Balaban J connectivity index is 1.65. The van der Waals surface area contributed by atoms with Crippen molar-refractivity contribution >= 4 is 0 Å². The summed E-state index contributed by atoms with van der Waals surface area (Å²) in [7, 11) is 0. The maximum Gasteiger partial charge on any atom is 0.0658 e. The molecule has 2 aliphatic carbocycles. The van der Waals surface area contributed by atoms with Crippen molar-refractivity contribution in [2.75, 3.05) is 13.1 Å². The molecule has 1 aromatic rings. The summed E-state index contributed by atoms with van der Waals surface area (Å²) < 4.78 is 2.39. The first-order valence-electron chi connectivity index (χ1n) is 7.22.